The first-order chi connectivity index (χ1) is 7.79. The fourth-order valence-corrected chi connectivity index (χ4v) is 5.05. The lowest BCUT2D eigenvalue weighted by Gasteiger charge is -2.22. The van der Waals surface area contributed by atoms with Gasteiger partial charge in [0.25, 0.3) is 0 Å². The van der Waals surface area contributed by atoms with Crippen LogP contribution in [0.5, 0.6) is 0 Å². The second-order valence-electron chi connectivity index (χ2n) is 3.78. The number of hydrogen-bond acceptors (Lipinski definition) is 0. The third-order valence-corrected chi connectivity index (χ3v) is 5.89. The lowest BCUT2D eigenvalue weighted by atomic mass is 10.4. The van der Waals surface area contributed by atoms with Gasteiger partial charge >= 0.3 is 0 Å². The van der Waals surface area contributed by atoms with E-state index in [0.29, 0.717) is 5.40 Å². The van der Waals surface area contributed by atoms with Crippen molar-refractivity contribution in [2.75, 3.05) is 0 Å². The summed E-state index contributed by atoms with van der Waals surface area (Å²) in [6.45, 7) is 2.27. The molecule has 0 aromatic heterocycles. The molecule has 2 unspecified atom stereocenters. The number of rotatable bonds is 3. The fraction of sp³-hybridized carbons (Fsp3) is 0.143. The van der Waals surface area contributed by atoms with Crippen LogP contribution < -0.4 is 10.6 Å². The SMILES string of the molecule is CC(P)P(c1ccccc1)c1ccccc1. The minimum Gasteiger partial charge on any atom is -0.129 e. The maximum atomic E-state index is 2.95. The van der Waals surface area contributed by atoms with Gasteiger partial charge in [-0.05, 0) is 23.9 Å². The van der Waals surface area contributed by atoms with Gasteiger partial charge < -0.3 is 0 Å². The zero-order valence-corrected chi connectivity index (χ0v) is 11.4. The number of hydrogen-bond donors (Lipinski definition) is 0. The fourth-order valence-electron chi connectivity index (χ4n) is 1.80. The quantitative estimate of drug-likeness (QED) is 0.729. The van der Waals surface area contributed by atoms with Gasteiger partial charge in [-0.1, -0.05) is 67.6 Å². The Kier molecular flexibility index (Phi) is 4.10. The van der Waals surface area contributed by atoms with Gasteiger partial charge in [-0.3, -0.25) is 0 Å². The molecule has 0 bridgehead atoms. The normalized spacial score (nSPS) is 12.7. The molecule has 16 heavy (non-hydrogen) atoms. The lowest BCUT2D eigenvalue weighted by Crippen LogP contribution is -2.15. The van der Waals surface area contributed by atoms with E-state index in [1.807, 2.05) is 0 Å². The Morgan fingerprint density at radius 3 is 1.50 bits per heavy atom. The smallest absolute Gasteiger partial charge is 0.00103 e. The van der Waals surface area contributed by atoms with Gasteiger partial charge in [0.2, 0.25) is 0 Å². The van der Waals surface area contributed by atoms with E-state index < -0.39 is 0 Å². The first-order valence-corrected chi connectivity index (χ1v) is 7.51. The zero-order valence-electron chi connectivity index (χ0n) is 9.38. The summed E-state index contributed by atoms with van der Waals surface area (Å²) in [4.78, 5) is 0. The molecule has 2 rings (SSSR count). The molecule has 2 aromatic rings. The summed E-state index contributed by atoms with van der Waals surface area (Å²) >= 11 is 0. The highest BCUT2D eigenvalue weighted by molar-refractivity contribution is 7.78. The highest BCUT2D eigenvalue weighted by Crippen LogP contribution is 2.42. The van der Waals surface area contributed by atoms with Crippen LogP contribution >= 0.6 is 17.2 Å². The Labute approximate surface area is 101 Å². The standard InChI is InChI=1S/C14H16P2/c1-12(15)16(13-8-4-2-5-9-13)14-10-6-3-7-11-14/h2-12H,15H2,1H3. The second-order valence-corrected chi connectivity index (χ2v) is 7.93. The molecule has 0 saturated heterocycles. The van der Waals surface area contributed by atoms with Crippen molar-refractivity contribution in [1.82, 2.24) is 0 Å². The number of benzene rings is 2. The van der Waals surface area contributed by atoms with Crippen LogP contribution in [0.25, 0.3) is 0 Å². The molecule has 0 radical (unpaired) electrons. The molecule has 0 aliphatic carbocycles. The second kappa shape index (κ2) is 5.58. The van der Waals surface area contributed by atoms with Gasteiger partial charge in [0.15, 0.2) is 0 Å². The summed E-state index contributed by atoms with van der Waals surface area (Å²) in [7, 11) is 2.70. The van der Waals surface area contributed by atoms with Crippen molar-refractivity contribution in [1.29, 1.82) is 0 Å². The van der Waals surface area contributed by atoms with Crippen LogP contribution in [0.3, 0.4) is 0 Å². The summed E-state index contributed by atoms with van der Waals surface area (Å²) in [6, 6.07) is 21.6. The van der Waals surface area contributed by atoms with E-state index in [4.69, 9.17) is 0 Å². The molecule has 0 N–H and O–H groups in total. The van der Waals surface area contributed by atoms with E-state index in [1.165, 1.54) is 10.6 Å². The van der Waals surface area contributed by atoms with E-state index in [9.17, 15) is 0 Å². The van der Waals surface area contributed by atoms with Crippen molar-refractivity contribution < 1.29 is 0 Å². The van der Waals surface area contributed by atoms with Gasteiger partial charge in [0.05, 0.1) is 0 Å². The summed E-state index contributed by atoms with van der Waals surface area (Å²) in [5, 5.41) is 3.50. The van der Waals surface area contributed by atoms with Crippen molar-refractivity contribution in [3.05, 3.63) is 60.7 Å². The van der Waals surface area contributed by atoms with Crippen LogP contribution in [0.4, 0.5) is 0 Å². The van der Waals surface area contributed by atoms with Gasteiger partial charge in [-0.15, -0.1) is 9.24 Å². The molecule has 0 nitrogen and oxygen atoms in total. The molecule has 0 aliphatic rings. The monoisotopic (exact) mass is 246 g/mol. The van der Waals surface area contributed by atoms with E-state index in [0.717, 1.165) is 0 Å². The highest BCUT2D eigenvalue weighted by Gasteiger charge is 2.16. The van der Waals surface area contributed by atoms with Crippen molar-refractivity contribution in [3.63, 3.8) is 0 Å². The Bertz CT molecular complexity index is 384. The first kappa shape index (κ1) is 11.8. The van der Waals surface area contributed by atoms with E-state index in [2.05, 4.69) is 76.8 Å². The van der Waals surface area contributed by atoms with Crippen LogP contribution in [0.15, 0.2) is 60.7 Å². The van der Waals surface area contributed by atoms with Gasteiger partial charge in [-0.2, -0.15) is 0 Å². The van der Waals surface area contributed by atoms with Crippen molar-refractivity contribution >= 4 is 27.8 Å². The topological polar surface area (TPSA) is 0 Å². The van der Waals surface area contributed by atoms with Crippen molar-refractivity contribution in [2.24, 2.45) is 0 Å². The minimum absolute atomic E-state index is 0.247. The Morgan fingerprint density at radius 2 is 1.19 bits per heavy atom. The Hall–Kier alpha value is -0.700. The van der Waals surface area contributed by atoms with Crippen LogP contribution in [0, 0.1) is 0 Å². The van der Waals surface area contributed by atoms with Crippen molar-refractivity contribution in [2.45, 2.75) is 12.3 Å². The van der Waals surface area contributed by atoms with Crippen LogP contribution in [0.1, 0.15) is 6.92 Å². The maximum absolute atomic E-state index is 2.95. The molecule has 0 aliphatic heterocycles. The molecule has 0 fully saturated rings. The summed E-state index contributed by atoms with van der Waals surface area (Å²) in [5.74, 6) is 0. The van der Waals surface area contributed by atoms with E-state index in [-0.39, 0.29) is 7.92 Å². The largest absolute Gasteiger partial charge is 0.129 e. The molecular weight excluding hydrogens is 230 g/mol. The molecule has 0 spiro atoms. The van der Waals surface area contributed by atoms with Crippen LogP contribution in [0.2, 0.25) is 0 Å². The third-order valence-electron chi connectivity index (χ3n) is 2.48. The van der Waals surface area contributed by atoms with Crippen LogP contribution in [-0.2, 0) is 0 Å². The molecule has 82 valence electrons. The highest BCUT2D eigenvalue weighted by atomic mass is 31.2. The first-order valence-electron chi connectivity index (χ1n) is 5.44. The predicted octanol–water partition coefficient (Wildman–Crippen LogP) is 3.34. The van der Waals surface area contributed by atoms with Gasteiger partial charge in [-0.25, -0.2) is 0 Å². The summed E-state index contributed by atoms with van der Waals surface area (Å²) in [6.07, 6.45) is 0. The lowest BCUT2D eigenvalue weighted by molar-refractivity contribution is 1.41. The molecule has 2 heteroatoms. The summed E-state index contributed by atoms with van der Waals surface area (Å²) in [5.41, 5.74) is 0. The predicted molar refractivity (Wildman–Crippen MR) is 78.2 cm³/mol. The Morgan fingerprint density at radius 1 is 0.812 bits per heavy atom. The maximum Gasteiger partial charge on any atom is -0.00103 e. The Balaban J connectivity index is 2.40. The molecule has 0 amide bonds. The van der Waals surface area contributed by atoms with E-state index >= 15 is 0 Å². The molecule has 0 heterocycles. The summed E-state index contributed by atoms with van der Waals surface area (Å²) < 4.78 is 0. The van der Waals surface area contributed by atoms with Crippen molar-refractivity contribution in [3.8, 4) is 0 Å². The van der Waals surface area contributed by atoms with Gasteiger partial charge in [0, 0.05) is 0 Å². The average molecular weight is 246 g/mol. The van der Waals surface area contributed by atoms with Crippen LogP contribution in [-0.4, -0.2) is 5.40 Å². The minimum atomic E-state index is -0.247. The zero-order chi connectivity index (χ0) is 11.4. The molecule has 2 aromatic carbocycles. The average Bonchev–Trinajstić information content (AvgIpc) is 2.31. The molecule has 0 saturated carbocycles. The molecular formula is C14H16P2. The van der Waals surface area contributed by atoms with E-state index in [1.54, 1.807) is 0 Å². The molecule has 2 atom stereocenters. The third kappa shape index (κ3) is 2.70. The van der Waals surface area contributed by atoms with Gasteiger partial charge in [0.1, 0.15) is 0 Å².